The lowest BCUT2D eigenvalue weighted by atomic mass is 10.3. The minimum absolute atomic E-state index is 0.193. The predicted molar refractivity (Wildman–Crippen MR) is 65.7 cm³/mol. The van der Waals surface area contributed by atoms with E-state index in [1.165, 1.54) is 6.07 Å². The number of anilines is 1. The Morgan fingerprint density at radius 3 is 2.82 bits per heavy atom. The summed E-state index contributed by atoms with van der Waals surface area (Å²) >= 11 is 11.8. The second-order valence-electron chi connectivity index (χ2n) is 3.38. The zero-order valence-corrected chi connectivity index (χ0v) is 10.3. The fourth-order valence-corrected chi connectivity index (χ4v) is 1.61. The number of hydrogen-bond acceptors (Lipinski definition) is 3. The van der Waals surface area contributed by atoms with Gasteiger partial charge in [0, 0.05) is 6.07 Å². The van der Waals surface area contributed by atoms with Crippen molar-refractivity contribution in [3.8, 4) is 0 Å². The van der Waals surface area contributed by atoms with Gasteiger partial charge in [0.2, 0.25) is 0 Å². The molecule has 0 bridgehead atoms. The topological polar surface area (TPSA) is 55.1 Å². The molecule has 1 N–H and O–H groups in total. The van der Waals surface area contributed by atoms with Crippen LogP contribution in [0.5, 0.6) is 0 Å². The van der Waals surface area contributed by atoms with Crippen LogP contribution < -0.4 is 5.32 Å². The first-order chi connectivity index (χ1) is 8.08. The minimum Gasteiger partial charge on any atom is -0.361 e. The SMILES string of the molecule is Cc1cc(C(=O)Nc2cccc(Cl)c2Cl)no1. The van der Waals surface area contributed by atoms with Gasteiger partial charge in [0.1, 0.15) is 5.76 Å². The zero-order valence-electron chi connectivity index (χ0n) is 8.83. The van der Waals surface area contributed by atoms with E-state index in [1.807, 2.05) is 0 Å². The summed E-state index contributed by atoms with van der Waals surface area (Å²) in [7, 11) is 0. The highest BCUT2D eigenvalue weighted by molar-refractivity contribution is 6.44. The van der Waals surface area contributed by atoms with E-state index in [0.29, 0.717) is 21.5 Å². The Hall–Kier alpha value is -1.52. The molecule has 0 saturated carbocycles. The van der Waals surface area contributed by atoms with Crippen LogP contribution in [0, 0.1) is 6.92 Å². The molecule has 0 unspecified atom stereocenters. The Morgan fingerprint density at radius 2 is 2.18 bits per heavy atom. The molecule has 2 aromatic rings. The zero-order chi connectivity index (χ0) is 12.4. The van der Waals surface area contributed by atoms with Crippen molar-refractivity contribution in [1.82, 2.24) is 5.16 Å². The maximum absolute atomic E-state index is 11.8. The summed E-state index contributed by atoms with van der Waals surface area (Å²) in [5, 5.41) is 6.87. The third-order valence-electron chi connectivity index (χ3n) is 2.06. The number of benzene rings is 1. The Balaban J connectivity index is 2.21. The van der Waals surface area contributed by atoms with E-state index in [-0.39, 0.29) is 5.69 Å². The van der Waals surface area contributed by atoms with Crippen molar-refractivity contribution in [2.75, 3.05) is 5.32 Å². The quantitative estimate of drug-likeness (QED) is 0.908. The first-order valence-corrected chi connectivity index (χ1v) is 5.52. The van der Waals surface area contributed by atoms with E-state index >= 15 is 0 Å². The maximum Gasteiger partial charge on any atom is 0.277 e. The summed E-state index contributed by atoms with van der Waals surface area (Å²) in [5.74, 6) is 0.165. The van der Waals surface area contributed by atoms with Crippen molar-refractivity contribution in [2.24, 2.45) is 0 Å². The number of aromatic nitrogens is 1. The molecule has 0 spiro atoms. The number of hydrogen-bond donors (Lipinski definition) is 1. The van der Waals surface area contributed by atoms with E-state index in [9.17, 15) is 4.79 Å². The highest BCUT2D eigenvalue weighted by atomic mass is 35.5. The smallest absolute Gasteiger partial charge is 0.277 e. The standard InChI is InChI=1S/C11H8Cl2N2O2/c1-6-5-9(15-17-6)11(16)14-8-4-2-3-7(12)10(8)13/h2-5H,1H3,(H,14,16). The molecule has 1 heterocycles. The van der Waals surface area contributed by atoms with Gasteiger partial charge in [0.25, 0.3) is 5.91 Å². The van der Waals surface area contributed by atoms with Crippen LogP contribution in [-0.2, 0) is 0 Å². The van der Waals surface area contributed by atoms with Crippen molar-refractivity contribution >= 4 is 34.8 Å². The van der Waals surface area contributed by atoms with Crippen molar-refractivity contribution < 1.29 is 9.32 Å². The molecule has 0 radical (unpaired) electrons. The second kappa shape index (κ2) is 4.77. The molecule has 17 heavy (non-hydrogen) atoms. The summed E-state index contributed by atoms with van der Waals surface area (Å²) in [6, 6.07) is 6.52. The third-order valence-corrected chi connectivity index (χ3v) is 2.88. The fourth-order valence-electron chi connectivity index (χ4n) is 1.26. The summed E-state index contributed by atoms with van der Waals surface area (Å²) in [6.07, 6.45) is 0. The largest absolute Gasteiger partial charge is 0.361 e. The molecular formula is C11H8Cl2N2O2. The van der Waals surface area contributed by atoms with Crippen LogP contribution in [-0.4, -0.2) is 11.1 Å². The highest BCUT2D eigenvalue weighted by Crippen LogP contribution is 2.29. The molecule has 1 amide bonds. The number of carbonyl (C=O) groups excluding carboxylic acids is 1. The molecule has 1 aromatic heterocycles. The first-order valence-electron chi connectivity index (χ1n) is 4.76. The van der Waals surface area contributed by atoms with E-state index in [1.54, 1.807) is 25.1 Å². The molecule has 0 aliphatic heterocycles. The number of rotatable bonds is 2. The molecule has 88 valence electrons. The lowest BCUT2D eigenvalue weighted by Gasteiger charge is -2.05. The van der Waals surface area contributed by atoms with E-state index in [2.05, 4.69) is 10.5 Å². The number of carbonyl (C=O) groups is 1. The molecule has 0 saturated heterocycles. The number of halogens is 2. The number of nitrogens with zero attached hydrogens (tertiary/aromatic N) is 1. The average Bonchev–Trinajstić information content (AvgIpc) is 2.72. The average molecular weight is 271 g/mol. The van der Waals surface area contributed by atoms with Gasteiger partial charge in [-0.05, 0) is 19.1 Å². The van der Waals surface area contributed by atoms with Gasteiger partial charge in [-0.15, -0.1) is 0 Å². The van der Waals surface area contributed by atoms with Crippen LogP contribution >= 0.6 is 23.2 Å². The second-order valence-corrected chi connectivity index (χ2v) is 4.16. The maximum atomic E-state index is 11.8. The van der Waals surface area contributed by atoms with E-state index in [0.717, 1.165) is 0 Å². The van der Waals surface area contributed by atoms with Crippen LogP contribution in [0.4, 0.5) is 5.69 Å². The number of aryl methyl sites for hydroxylation is 1. The Labute approximate surface area is 108 Å². The van der Waals surface area contributed by atoms with Crippen LogP contribution in [0.25, 0.3) is 0 Å². The van der Waals surface area contributed by atoms with Crippen LogP contribution in [0.15, 0.2) is 28.8 Å². The van der Waals surface area contributed by atoms with Crippen molar-refractivity contribution in [3.63, 3.8) is 0 Å². The Morgan fingerprint density at radius 1 is 1.41 bits per heavy atom. The van der Waals surface area contributed by atoms with Crippen LogP contribution in [0.3, 0.4) is 0 Å². The van der Waals surface area contributed by atoms with E-state index < -0.39 is 5.91 Å². The molecule has 2 rings (SSSR count). The first kappa shape index (κ1) is 12.0. The van der Waals surface area contributed by atoms with E-state index in [4.69, 9.17) is 27.7 Å². The van der Waals surface area contributed by atoms with Gasteiger partial charge < -0.3 is 9.84 Å². The van der Waals surface area contributed by atoms with Gasteiger partial charge in [0.15, 0.2) is 5.69 Å². The van der Waals surface area contributed by atoms with Crippen LogP contribution in [0.1, 0.15) is 16.2 Å². The molecule has 6 heteroatoms. The lowest BCUT2D eigenvalue weighted by Crippen LogP contribution is -2.12. The lowest BCUT2D eigenvalue weighted by molar-refractivity contribution is 0.101. The van der Waals surface area contributed by atoms with Crippen molar-refractivity contribution in [3.05, 3.63) is 45.8 Å². The Bertz CT molecular complexity index is 566. The van der Waals surface area contributed by atoms with Crippen molar-refractivity contribution in [1.29, 1.82) is 0 Å². The van der Waals surface area contributed by atoms with Gasteiger partial charge in [-0.1, -0.05) is 34.4 Å². The summed E-state index contributed by atoms with van der Waals surface area (Å²) in [6.45, 7) is 1.70. The molecule has 0 fully saturated rings. The summed E-state index contributed by atoms with van der Waals surface area (Å²) < 4.78 is 4.81. The minimum atomic E-state index is -0.397. The molecule has 0 aliphatic carbocycles. The summed E-state index contributed by atoms with van der Waals surface area (Å²) in [5.41, 5.74) is 0.628. The van der Waals surface area contributed by atoms with Gasteiger partial charge >= 0.3 is 0 Å². The molecule has 4 nitrogen and oxygen atoms in total. The molecular weight excluding hydrogens is 263 g/mol. The number of amides is 1. The monoisotopic (exact) mass is 270 g/mol. The highest BCUT2D eigenvalue weighted by Gasteiger charge is 2.13. The van der Waals surface area contributed by atoms with Crippen molar-refractivity contribution in [2.45, 2.75) is 6.92 Å². The van der Waals surface area contributed by atoms with Gasteiger partial charge in [-0.3, -0.25) is 4.79 Å². The predicted octanol–water partition coefficient (Wildman–Crippen LogP) is 3.54. The van der Waals surface area contributed by atoms with Gasteiger partial charge in [0.05, 0.1) is 15.7 Å². The fraction of sp³-hybridized carbons (Fsp3) is 0.0909. The van der Waals surface area contributed by atoms with Gasteiger partial charge in [-0.25, -0.2) is 0 Å². The molecule has 0 aliphatic rings. The number of nitrogens with one attached hydrogen (secondary N) is 1. The summed E-state index contributed by atoms with van der Waals surface area (Å²) in [4.78, 5) is 11.8. The molecule has 1 aromatic carbocycles. The normalized spacial score (nSPS) is 10.3. The van der Waals surface area contributed by atoms with Gasteiger partial charge in [-0.2, -0.15) is 0 Å². The third kappa shape index (κ3) is 2.60. The Kier molecular flexibility index (Phi) is 3.36. The molecule has 0 atom stereocenters. The van der Waals surface area contributed by atoms with Crippen LogP contribution in [0.2, 0.25) is 10.0 Å².